The van der Waals surface area contributed by atoms with Crippen molar-refractivity contribution in [2.45, 2.75) is 13.1 Å². The molecule has 0 aliphatic heterocycles. The van der Waals surface area contributed by atoms with E-state index < -0.39 is 23.1 Å². The van der Waals surface area contributed by atoms with Crippen molar-refractivity contribution in [1.29, 1.82) is 0 Å². The summed E-state index contributed by atoms with van der Waals surface area (Å²) < 4.78 is 6.86. The van der Waals surface area contributed by atoms with Gasteiger partial charge in [-0.3, -0.25) is 23.7 Å². The van der Waals surface area contributed by atoms with Gasteiger partial charge >= 0.3 is 11.7 Å². The SMILES string of the molecule is COC(=O)c1ccc(NC(=O)Cn2c(=O)n(Cc3ccccn3)c(=O)c3ncccc32)cc1. The molecule has 0 unspecified atom stereocenters. The summed E-state index contributed by atoms with van der Waals surface area (Å²) in [5.41, 5.74) is 0.409. The molecule has 3 aromatic heterocycles. The van der Waals surface area contributed by atoms with Crippen molar-refractivity contribution in [2.75, 3.05) is 12.4 Å². The molecule has 4 rings (SSSR count). The second kappa shape index (κ2) is 9.27. The van der Waals surface area contributed by atoms with Gasteiger partial charge in [0.25, 0.3) is 5.56 Å². The van der Waals surface area contributed by atoms with Crippen LogP contribution in [0.4, 0.5) is 5.69 Å². The van der Waals surface area contributed by atoms with Crippen molar-refractivity contribution >= 4 is 28.6 Å². The minimum Gasteiger partial charge on any atom is -0.465 e. The summed E-state index contributed by atoms with van der Waals surface area (Å²) in [7, 11) is 1.28. The molecule has 0 saturated carbocycles. The van der Waals surface area contributed by atoms with Gasteiger partial charge in [0.05, 0.1) is 30.4 Å². The van der Waals surface area contributed by atoms with Crippen molar-refractivity contribution in [3.8, 4) is 0 Å². The van der Waals surface area contributed by atoms with E-state index in [0.717, 1.165) is 4.57 Å². The molecule has 0 spiro atoms. The van der Waals surface area contributed by atoms with Gasteiger partial charge in [-0.25, -0.2) is 14.6 Å². The number of nitrogens with zero attached hydrogens (tertiary/aromatic N) is 4. The average molecular weight is 445 g/mol. The molecule has 0 bridgehead atoms. The van der Waals surface area contributed by atoms with Crippen molar-refractivity contribution in [3.05, 3.63) is 99.1 Å². The number of hydrogen-bond acceptors (Lipinski definition) is 7. The van der Waals surface area contributed by atoms with Crippen LogP contribution in [0.2, 0.25) is 0 Å². The van der Waals surface area contributed by atoms with Crippen molar-refractivity contribution in [3.63, 3.8) is 0 Å². The molecule has 166 valence electrons. The smallest absolute Gasteiger partial charge is 0.337 e. The van der Waals surface area contributed by atoms with Gasteiger partial charge in [0, 0.05) is 18.1 Å². The zero-order valence-electron chi connectivity index (χ0n) is 17.6. The van der Waals surface area contributed by atoms with Crippen LogP contribution >= 0.6 is 0 Å². The van der Waals surface area contributed by atoms with Crippen LogP contribution in [-0.4, -0.2) is 38.1 Å². The van der Waals surface area contributed by atoms with Crippen LogP contribution in [0.5, 0.6) is 0 Å². The van der Waals surface area contributed by atoms with Gasteiger partial charge in [-0.05, 0) is 48.5 Å². The average Bonchev–Trinajstić information content (AvgIpc) is 2.85. The third kappa shape index (κ3) is 4.54. The Morgan fingerprint density at radius 2 is 1.70 bits per heavy atom. The molecule has 0 aliphatic rings. The quantitative estimate of drug-likeness (QED) is 0.445. The highest BCUT2D eigenvalue weighted by atomic mass is 16.5. The third-order valence-electron chi connectivity index (χ3n) is 4.92. The molecular formula is C23H19N5O5. The number of carbonyl (C=O) groups excluding carboxylic acids is 2. The first-order chi connectivity index (χ1) is 16.0. The van der Waals surface area contributed by atoms with Crippen LogP contribution in [0.3, 0.4) is 0 Å². The first kappa shape index (κ1) is 21.6. The summed E-state index contributed by atoms with van der Waals surface area (Å²) in [5, 5.41) is 2.68. The number of benzene rings is 1. The van der Waals surface area contributed by atoms with Gasteiger partial charge in [0.2, 0.25) is 5.91 Å². The maximum atomic E-state index is 13.2. The number of amides is 1. The third-order valence-corrected chi connectivity index (χ3v) is 4.92. The number of pyridine rings is 2. The summed E-state index contributed by atoms with van der Waals surface area (Å²) >= 11 is 0. The normalized spacial score (nSPS) is 10.7. The molecule has 1 amide bonds. The second-order valence-corrected chi connectivity index (χ2v) is 7.07. The van der Waals surface area contributed by atoms with E-state index in [-0.39, 0.29) is 24.1 Å². The number of hydrogen-bond donors (Lipinski definition) is 1. The first-order valence-corrected chi connectivity index (χ1v) is 9.94. The number of fused-ring (bicyclic) bond motifs is 1. The number of rotatable bonds is 6. The van der Waals surface area contributed by atoms with Gasteiger partial charge in [-0.15, -0.1) is 0 Å². The first-order valence-electron chi connectivity index (χ1n) is 9.94. The van der Waals surface area contributed by atoms with Crippen LogP contribution in [0.1, 0.15) is 16.1 Å². The fraction of sp³-hybridized carbons (Fsp3) is 0.130. The van der Waals surface area contributed by atoms with E-state index in [1.54, 1.807) is 48.7 Å². The Bertz CT molecular complexity index is 1440. The Morgan fingerprint density at radius 1 is 0.939 bits per heavy atom. The molecule has 0 fully saturated rings. The number of nitrogens with one attached hydrogen (secondary N) is 1. The van der Waals surface area contributed by atoms with E-state index >= 15 is 0 Å². The van der Waals surface area contributed by atoms with E-state index in [2.05, 4.69) is 20.0 Å². The minimum absolute atomic E-state index is 0.0539. The Morgan fingerprint density at radius 3 is 2.39 bits per heavy atom. The van der Waals surface area contributed by atoms with Crippen molar-refractivity contribution in [2.24, 2.45) is 0 Å². The molecule has 10 nitrogen and oxygen atoms in total. The zero-order chi connectivity index (χ0) is 23.4. The fourth-order valence-corrected chi connectivity index (χ4v) is 3.34. The molecule has 0 saturated heterocycles. The predicted octanol–water partition coefficient (Wildman–Crippen LogP) is 1.43. The van der Waals surface area contributed by atoms with Crippen molar-refractivity contribution < 1.29 is 14.3 Å². The molecule has 1 aromatic carbocycles. The highest BCUT2D eigenvalue weighted by Crippen LogP contribution is 2.11. The second-order valence-electron chi connectivity index (χ2n) is 7.07. The molecule has 0 aliphatic carbocycles. The van der Waals surface area contributed by atoms with Crippen LogP contribution in [0.15, 0.2) is 76.6 Å². The lowest BCUT2D eigenvalue weighted by Gasteiger charge is -2.13. The molecule has 3 heterocycles. The van der Waals surface area contributed by atoms with Gasteiger partial charge in [0.1, 0.15) is 6.54 Å². The van der Waals surface area contributed by atoms with Crippen molar-refractivity contribution in [1.82, 2.24) is 19.1 Å². The topological polar surface area (TPSA) is 125 Å². The number of aromatic nitrogens is 4. The summed E-state index contributed by atoms with van der Waals surface area (Å²) in [6.07, 6.45) is 3.02. The number of ether oxygens (including phenoxy) is 1. The summed E-state index contributed by atoms with van der Waals surface area (Å²) in [5.74, 6) is -0.982. The van der Waals surface area contributed by atoms with Gasteiger partial charge in [-0.1, -0.05) is 6.07 Å². The van der Waals surface area contributed by atoms with Gasteiger partial charge in [0.15, 0.2) is 5.52 Å². The molecule has 0 atom stereocenters. The van der Waals surface area contributed by atoms with Crippen LogP contribution in [0, 0.1) is 0 Å². The fourth-order valence-electron chi connectivity index (χ4n) is 3.34. The summed E-state index contributed by atoms with van der Waals surface area (Å²) in [6, 6.07) is 14.5. The summed E-state index contributed by atoms with van der Waals surface area (Å²) in [6.45, 7) is -0.399. The monoisotopic (exact) mass is 445 g/mol. The number of carbonyl (C=O) groups is 2. The standard InChI is InChI=1S/C23H19N5O5/c1-33-22(31)15-7-9-16(10-8-15)26-19(29)14-27-18-6-4-12-25-20(18)21(30)28(23(27)32)13-17-5-2-3-11-24-17/h2-12H,13-14H2,1H3,(H,26,29). The van der Waals surface area contributed by atoms with Crippen LogP contribution in [0.25, 0.3) is 11.0 Å². The maximum absolute atomic E-state index is 13.2. The molecule has 1 N–H and O–H groups in total. The Kier molecular flexibility index (Phi) is 6.07. The summed E-state index contributed by atoms with van der Waals surface area (Å²) in [4.78, 5) is 58.7. The van der Waals surface area contributed by atoms with E-state index in [9.17, 15) is 19.2 Å². The zero-order valence-corrected chi connectivity index (χ0v) is 17.6. The lowest BCUT2D eigenvalue weighted by molar-refractivity contribution is -0.116. The van der Waals surface area contributed by atoms with Gasteiger partial charge < -0.3 is 10.1 Å². The van der Waals surface area contributed by atoms with E-state index in [1.165, 1.54) is 30.0 Å². The largest absolute Gasteiger partial charge is 0.465 e. The van der Waals surface area contributed by atoms with Crippen LogP contribution < -0.4 is 16.6 Å². The number of methoxy groups -OCH3 is 1. The number of anilines is 1. The molecule has 10 heteroatoms. The van der Waals surface area contributed by atoms with E-state index in [1.807, 2.05) is 0 Å². The van der Waals surface area contributed by atoms with Crippen LogP contribution in [-0.2, 0) is 22.6 Å². The maximum Gasteiger partial charge on any atom is 0.337 e. The molecule has 0 radical (unpaired) electrons. The minimum atomic E-state index is -0.651. The van der Waals surface area contributed by atoms with Gasteiger partial charge in [-0.2, -0.15) is 0 Å². The molecule has 4 aromatic rings. The predicted molar refractivity (Wildman–Crippen MR) is 120 cm³/mol. The molecular weight excluding hydrogens is 426 g/mol. The molecule has 33 heavy (non-hydrogen) atoms. The Labute approximate surface area is 187 Å². The Hall–Kier alpha value is -4.60. The number of esters is 1. The lowest BCUT2D eigenvalue weighted by atomic mass is 10.2. The van der Waals surface area contributed by atoms with E-state index in [4.69, 9.17) is 0 Å². The van der Waals surface area contributed by atoms with E-state index in [0.29, 0.717) is 16.9 Å². The Balaban J connectivity index is 1.67. The highest BCUT2D eigenvalue weighted by molar-refractivity contribution is 5.93. The highest BCUT2D eigenvalue weighted by Gasteiger charge is 2.17. The lowest BCUT2D eigenvalue weighted by Crippen LogP contribution is -2.42.